The minimum Gasteiger partial charge on any atom is -0.370 e. The molecule has 100 valence electrons. The third kappa shape index (κ3) is 3.18. The zero-order valence-corrected chi connectivity index (χ0v) is 11.9. The van der Waals surface area contributed by atoms with Crippen LogP contribution in [0.4, 0.5) is 5.69 Å². The predicted molar refractivity (Wildman–Crippen MR) is 79.4 cm³/mol. The lowest BCUT2D eigenvalue weighted by atomic mass is 9.85. The third-order valence-corrected chi connectivity index (χ3v) is 4.17. The fraction of sp³-hybridized carbons (Fsp3) is 0.600. The van der Waals surface area contributed by atoms with E-state index < -0.39 is 0 Å². The molecule has 0 spiro atoms. The van der Waals surface area contributed by atoms with E-state index in [4.69, 9.17) is 17.3 Å². The molecule has 1 aromatic rings. The molecule has 1 saturated carbocycles. The molecule has 0 amide bonds. The van der Waals surface area contributed by atoms with Crippen molar-refractivity contribution in [3.8, 4) is 0 Å². The minimum atomic E-state index is 0.676. The van der Waals surface area contributed by atoms with Gasteiger partial charge in [0.15, 0.2) is 0 Å². The first-order chi connectivity index (χ1) is 8.74. The molecule has 0 aliphatic heterocycles. The second-order valence-corrected chi connectivity index (χ2v) is 5.57. The van der Waals surface area contributed by atoms with E-state index in [9.17, 15) is 0 Å². The first-order valence-corrected chi connectivity index (χ1v) is 7.35. The standard InChI is InChI=1S/C15H23ClN2/c1-2-18(11-13-4-3-5-13)15-7-6-12(8-9-17)10-14(15)16/h6-7,10,13H,2-5,8-9,11,17H2,1H3. The van der Waals surface area contributed by atoms with Crippen molar-refractivity contribution >= 4 is 17.3 Å². The van der Waals surface area contributed by atoms with Gasteiger partial charge in [0.2, 0.25) is 0 Å². The van der Waals surface area contributed by atoms with Gasteiger partial charge in [-0.25, -0.2) is 0 Å². The van der Waals surface area contributed by atoms with E-state index in [1.807, 2.05) is 0 Å². The summed E-state index contributed by atoms with van der Waals surface area (Å²) in [5.41, 5.74) is 7.97. The molecule has 1 aromatic carbocycles. The molecule has 2 rings (SSSR count). The molecule has 0 atom stereocenters. The summed E-state index contributed by atoms with van der Waals surface area (Å²) < 4.78 is 0. The summed E-state index contributed by atoms with van der Waals surface area (Å²) in [5.74, 6) is 0.865. The quantitative estimate of drug-likeness (QED) is 0.854. The van der Waals surface area contributed by atoms with Crippen LogP contribution in [0.25, 0.3) is 0 Å². The predicted octanol–water partition coefficient (Wildman–Crippen LogP) is 3.47. The Hall–Kier alpha value is -0.730. The lowest BCUT2D eigenvalue weighted by molar-refractivity contribution is 0.318. The highest BCUT2D eigenvalue weighted by atomic mass is 35.5. The van der Waals surface area contributed by atoms with Gasteiger partial charge in [-0.2, -0.15) is 0 Å². The summed E-state index contributed by atoms with van der Waals surface area (Å²) in [5, 5.41) is 0.863. The van der Waals surface area contributed by atoms with Gasteiger partial charge in [0.05, 0.1) is 10.7 Å². The lowest BCUT2D eigenvalue weighted by Gasteiger charge is -2.33. The van der Waals surface area contributed by atoms with Crippen LogP contribution in [0.5, 0.6) is 0 Å². The molecule has 0 bridgehead atoms. The van der Waals surface area contributed by atoms with Crippen molar-refractivity contribution in [2.45, 2.75) is 32.6 Å². The summed E-state index contributed by atoms with van der Waals surface area (Å²) in [6.45, 7) is 5.04. The average Bonchev–Trinajstić information content (AvgIpc) is 2.30. The molecular weight excluding hydrogens is 244 g/mol. The summed E-state index contributed by atoms with van der Waals surface area (Å²) in [4.78, 5) is 2.40. The van der Waals surface area contributed by atoms with E-state index in [-0.39, 0.29) is 0 Å². The molecular formula is C15H23ClN2. The molecule has 0 saturated heterocycles. The highest BCUT2D eigenvalue weighted by Gasteiger charge is 2.21. The maximum absolute atomic E-state index is 6.40. The largest absolute Gasteiger partial charge is 0.370 e. The van der Waals surface area contributed by atoms with Crippen LogP contribution in [0, 0.1) is 5.92 Å². The fourth-order valence-corrected chi connectivity index (χ4v) is 2.84. The van der Waals surface area contributed by atoms with E-state index in [1.165, 1.54) is 30.5 Å². The molecule has 0 aromatic heterocycles. The van der Waals surface area contributed by atoms with Gasteiger partial charge in [-0.05, 0) is 56.3 Å². The van der Waals surface area contributed by atoms with Crippen LogP contribution in [0.3, 0.4) is 0 Å². The van der Waals surface area contributed by atoms with Crippen molar-refractivity contribution in [3.63, 3.8) is 0 Å². The summed E-state index contributed by atoms with van der Waals surface area (Å²) in [7, 11) is 0. The van der Waals surface area contributed by atoms with E-state index in [0.717, 1.165) is 30.5 Å². The maximum atomic E-state index is 6.40. The van der Waals surface area contributed by atoms with Crippen LogP contribution < -0.4 is 10.6 Å². The number of anilines is 1. The number of nitrogens with two attached hydrogens (primary N) is 1. The van der Waals surface area contributed by atoms with Crippen molar-refractivity contribution in [2.24, 2.45) is 11.7 Å². The fourth-order valence-electron chi connectivity index (χ4n) is 2.51. The number of benzene rings is 1. The van der Waals surface area contributed by atoms with Crippen molar-refractivity contribution in [1.82, 2.24) is 0 Å². The first-order valence-electron chi connectivity index (χ1n) is 6.98. The van der Waals surface area contributed by atoms with Gasteiger partial charge in [0.1, 0.15) is 0 Å². The summed E-state index contributed by atoms with van der Waals surface area (Å²) >= 11 is 6.40. The Kier molecular flexibility index (Phi) is 4.90. The van der Waals surface area contributed by atoms with Gasteiger partial charge in [0.25, 0.3) is 0 Å². The number of nitrogens with zero attached hydrogens (tertiary/aromatic N) is 1. The number of hydrogen-bond donors (Lipinski definition) is 1. The Bertz CT molecular complexity index is 388. The zero-order chi connectivity index (χ0) is 13.0. The molecule has 18 heavy (non-hydrogen) atoms. The third-order valence-electron chi connectivity index (χ3n) is 3.87. The molecule has 0 radical (unpaired) electrons. The van der Waals surface area contributed by atoms with Crippen LogP contribution in [-0.4, -0.2) is 19.6 Å². The van der Waals surface area contributed by atoms with E-state index in [0.29, 0.717) is 6.54 Å². The summed E-state index contributed by atoms with van der Waals surface area (Å²) in [6, 6.07) is 6.36. The van der Waals surface area contributed by atoms with Crippen molar-refractivity contribution in [3.05, 3.63) is 28.8 Å². The van der Waals surface area contributed by atoms with E-state index in [1.54, 1.807) is 0 Å². The van der Waals surface area contributed by atoms with Crippen molar-refractivity contribution in [1.29, 1.82) is 0 Å². The Morgan fingerprint density at radius 2 is 2.17 bits per heavy atom. The smallest absolute Gasteiger partial charge is 0.0642 e. The molecule has 2 nitrogen and oxygen atoms in total. The normalized spacial score (nSPS) is 15.5. The number of halogens is 1. The Balaban J connectivity index is 2.09. The highest BCUT2D eigenvalue weighted by Crippen LogP contribution is 2.32. The minimum absolute atomic E-state index is 0.676. The molecule has 1 aliphatic carbocycles. The Morgan fingerprint density at radius 1 is 1.39 bits per heavy atom. The summed E-state index contributed by atoms with van der Waals surface area (Å²) in [6.07, 6.45) is 5.04. The second-order valence-electron chi connectivity index (χ2n) is 5.16. The van der Waals surface area contributed by atoms with Gasteiger partial charge >= 0.3 is 0 Å². The molecule has 0 heterocycles. The number of hydrogen-bond acceptors (Lipinski definition) is 2. The second kappa shape index (κ2) is 6.44. The number of rotatable bonds is 6. The van der Waals surface area contributed by atoms with Gasteiger partial charge in [-0.1, -0.05) is 24.1 Å². The van der Waals surface area contributed by atoms with Crippen molar-refractivity contribution in [2.75, 3.05) is 24.5 Å². The Labute approximate surface area is 115 Å². The average molecular weight is 267 g/mol. The maximum Gasteiger partial charge on any atom is 0.0642 e. The van der Waals surface area contributed by atoms with Crippen LogP contribution in [0.2, 0.25) is 5.02 Å². The Morgan fingerprint density at radius 3 is 2.67 bits per heavy atom. The van der Waals surface area contributed by atoms with Gasteiger partial charge in [0, 0.05) is 13.1 Å². The van der Waals surface area contributed by atoms with E-state index >= 15 is 0 Å². The van der Waals surface area contributed by atoms with Crippen LogP contribution in [0.1, 0.15) is 31.7 Å². The highest BCUT2D eigenvalue weighted by molar-refractivity contribution is 6.33. The first kappa shape index (κ1) is 13.7. The van der Waals surface area contributed by atoms with Crippen LogP contribution >= 0.6 is 11.6 Å². The molecule has 1 aliphatic rings. The molecule has 0 unspecified atom stereocenters. The van der Waals surface area contributed by atoms with Gasteiger partial charge < -0.3 is 10.6 Å². The SMILES string of the molecule is CCN(CC1CCC1)c1ccc(CCN)cc1Cl. The molecule has 1 fully saturated rings. The monoisotopic (exact) mass is 266 g/mol. The van der Waals surface area contributed by atoms with Gasteiger partial charge in [-0.15, -0.1) is 0 Å². The zero-order valence-electron chi connectivity index (χ0n) is 11.2. The van der Waals surface area contributed by atoms with Crippen LogP contribution in [-0.2, 0) is 6.42 Å². The van der Waals surface area contributed by atoms with Crippen molar-refractivity contribution < 1.29 is 0 Å². The molecule has 2 N–H and O–H groups in total. The topological polar surface area (TPSA) is 29.3 Å². The molecule has 3 heteroatoms. The van der Waals surface area contributed by atoms with Crippen LogP contribution in [0.15, 0.2) is 18.2 Å². The lowest BCUT2D eigenvalue weighted by Crippen LogP contribution is -2.32. The van der Waals surface area contributed by atoms with Gasteiger partial charge in [-0.3, -0.25) is 0 Å². The van der Waals surface area contributed by atoms with E-state index in [2.05, 4.69) is 30.0 Å².